The molecule has 0 spiro atoms. The number of imidazole rings is 1. The van der Waals surface area contributed by atoms with E-state index >= 15 is 0 Å². The van der Waals surface area contributed by atoms with Gasteiger partial charge in [-0.25, -0.2) is 4.98 Å². The molecule has 6 heteroatoms. The number of fused-ring (bicyclic) bond motifs is 1. The fourth-order valence-electron chi connectivity index (χ4n) is 1.60. The average molecular weight is 266 g/mol. The van der Waals surface area contributed by atoms with Crippen molar-refractivity contribution < 1.29 is 14.6 Å². The smallest absolute Gasteiger partial charge is 0.316 e. The Morgan fingerprint density at radius 1 is 1.56 bits per heavy atom. The summed E-state index contributed by atoms with van der Waals surface area (Å²) >= 11 is 1.23. The molecule has 5 nitrogen and oxygen atoms in total. The predicted molar refractivity (Wildman–Crippen MR) is 70.2 cm³/mol. The number of methoxy groups -OCH3 is 1. The van der Waals surface area contributed by atoms with Gasteiger partial charge in [0.2, 0.25) is 0 Å². The van der Waals surface area contributed by atoms with Crippen LogP contribution < -0.4 is 4.74 Å². The van der Waals surface area contributed by atoms with Crippen molar-refractivity contribution in [2.24, 2.45) is 7.05 Å². The first-order valence-corrected chi connectivity index (χ1v) is 6.31. The first kappa shape index (κ1) is 12.8. The molecule has 1 atom stereocenters. The Morgan fingerprint density at radius 2 is 2.28 bits per heavy atom. The molecule has 0 bridgehead atoms. The van der Waals surface area contributed by atoms with Gasteiger partial charge in [-0.1, -0.05) is 11.8 Å². The molecule has 1 heterocycles. The normalized spacial score (nSPS) is 12.6. The van der Waals surface area contributed by atoms with E-state index in [9.17, 15) is 4.79 Å². The molecule has 0 fully saturated rings. The second-order valence-corrected chi connectivity index (χ2v) is 5.21. The minimum Gasteiger partial charge on any atom is -0.497 e. The lowest BCUT2D eigenvalue weighted by Gasteiger charge is -2.05. The summed E-state index contributed by atoms with van der Waals surface area (Å²) in [5.74, 6) is -0.104. The van der Waals surface area contributed by atoms with Gasteiger partial charge in [-0.3, -0.25) is 4.79 Å². The number of hydrogen-bond donors (Lipinski definition) is 1. The van der Waals surface area contributed by atoms with Crippen LogP contribution in [-0.4, -0.2) is 33.0 Å². The Labute approximate surface area is 109 Å². The molecule has 0 radical (unpaired) electrons. The lowest BCUT2D eigenvalue weighted by atomic mass is 10.3. The van der Waals surface area contributed by atoms with Crippen molar-refractivity contribution >= 4 is 28.8 Å². The minimum atomic E-state index is -0.843. The van der Waals surface area contributed by atoms with Crippen molar-refractivity contribution in [2.45, 2.75) is 17.3 Å². The van der Waals surface area contributed by atoms with E-state index < -0.39 is 11.2 Å². The van der Waals surface area contributed by atoms with Crippen molar-refractivity contribution in [1.29, 1.82) is 0 Å². The summed E-state index contributed by atoms with van der Waals surface area (Å²) in [4.78, 5) is 15.3. The van der Waals surface area contributed by atoms with Crippen LogP contribution in [0.25, 0.3) is 11.0 Å². The zero-order valence-corrected chi connectivity index (χ0v) is 11.2. The van der Waals surface area contributed by atoms with Crippen molar-refractivity contribution in [3.05, 3.63) is 18.2 Å². The van der Waals surface area contributed by atoms with Crippen molar-refractivity contribution in [1.82, 2.24) is 9.55 Å². The predicted octanol–water partition coefficient (Wildman–Crippen LogP) is 2.15. The molecule has 0 saturated carbocycles. The van der Waals surface area contributed by atoms with Crippen LogP contribution in [0.4, 0.5) is 0 Å². The number of thioether (sulfide) groups is 1. The van der Waals surface area contributed by atoms with Gasteiger partial charge in [-0.05, 0) is 19.1 Å². The number of nitrogens with zero attached hydrogens (tertiary/aromatic N) is 2. The minimum absolute atomic E-state index is 0.526. The molecule has 1 aromatic heterocycles. The maximum absolute atomic E-state index is 10.9. The van der Waals surface area contributed by atoms with E-state index in [0.29, 0.717) is 5.16 Å². The van der Waals surface area contributed by atoms with Crippen LogP contribution in [0.5, 0.6) is 5.75 Å². The number of carboxylic acid groups (broad SMARTS) is 1. The molecule has 1 unspecified atom stereocenters. The van der Waals surface area contributed by atoms with Crippen LogP contribution >= 0.6 is 11.8 Å². The van der Waals surface area contributed by atoms with Gasteiger partial charge in [0, 0.05) is 13.1 Å². The van der Waals surface area contributed by atoms with E-state index in [4.69, 9.17) is 9.84 Å². The van der Waals surface area contributed by atoms with Crippen molar-refractivity contribution in [2.75, 3.05) is 7.11 Å². The summed E-state index contributed by atoms with van der Waals surface area (Å²) in [5, 5.41) is 9.08. The molecule has 18 heavy (non-hydrogen) atoms. The Kier molecular flexibility index (Phi) is 3.47. The number of ether oxygens (including phenoxy) is 1. The maximum Gasteiger partial charge on any atom is 0.316 e. The molecule has 0 aliphatic heterocycles. The van der Waals surface area contributed by atoms with Crippen molar-refractivity contribution in [3.8, 4) is 5.75 Å². The summed E-state index contributed by atoms with van der Waals surface area (Å²) < 4.78 is 7.03. The van der Waals surface area contributed by atoms with Crippen LogP contribution in [0.1, 0.15) is 6.92 Å². The number of hydrogen-bond acceptors (Lipinski definition) is 4. The van der Waals surface area contributed by atoms with Gasteiger partial charge in [0.1, 0.15) is 11.0 Å². The molecule has 2 rings (SSSR count). The van der Waals surface area contributed by atoms with Crippen LogP contribution in [0, 0.1) is 0 Å². The van der Waals surface area contributed by atoms with E-state index in [2.05, 4.69) is 4.98 Å². The Balaban J connectivity index is 2.40. The van der Waals surface area contributed by atoms with Crippen LogP contribution in [0.3, 0.4) is 0 Å². The third-order valence-corrected chi connectivity index (χ3v) is 3.81. The van der Waals surface area contributed by atoms with Gasteiger partial charge in [0.15, 0.2) is 5.16 Å². The summed E-state index contributed by atoms with van der Waals surface area (Å²) in [6.07, 6.45) is 0. The number of carbonyl (C=O) groups is 1. The van der Waals surface area contributed by atoms with Gasteiger partial charge in [0.05, 0.1) is 18.1 Å². The molecule has 96 valence electrons. The first-order chi connectivity index (χ1) is 8.52. The largest absolute Gasteiger partial charge is 0.497 e. The molecule has 0 amide bonds. The van der Waals surface area contributed by atoms with Gasteiger partial charge < -0.3 is 14.4 Å². The van der Waals surface area contributed by atoms with E-state index in [-0.39, 0.29) is 0 Å². The Hall–Kier alpha value is -1.69. The fraction of sp³-hybridized carbons (Fsp3) is 0.333. The summed E-state index contributed by atoms with van der Waals surface area (Å²) in [7, 11) is 3.48. The Morgan fingerprint density at radius 3 is 2.89 bits per heavy atom. The van der Waals surface area contributed by atoms with Crippen LogP contribution in [0.15, 0.2) is 23.4 Å². The highest BCUT2D eigenvalue weighted by Gasteiger charge is 2.17. The molecule has 1 aromatic carbocycles. The number of carboxylic acids is 1. The standard InChI is InChI=1S/C12H14N2O3S/c1-7(11(15)16)18-12-13-9-6-8(17-3)4-5-10(9)14(12)2/h4-7H,1-3H3,(H,15,16). The monoisotopic (exact) mass is 266 g/mol. The molecule has 0 aliphatic rings. The van der Waals surface area contributed by atoms with E-state index in [0.717, 1.165) is 16.8 Å². The topological polar surface area (TPSA) is 64.3 Å². The SMILES string of the molecule is COc1ccc2c(c1)nc(SC(C)C(=O)O)n2C. The zero-order chi connectivity index (χ0) is 13.3. The van der Waals surface area contributed by atoms with E-state index in [1.54, 1.807) is 14.0 Å². The van der Waals surface area contributed by atoms with Gasteiger partial charge in [-0.2, -0.15) is 0 Å². The first-order valence-electron chi connectivity index (χ1n) is 5.43. The van der Waals surface area contributed by atoms with Gasteiger partial charge in [-0.15, -0.1) is 0 Å². The molecular formula is C12H14N2O3S. The molecule has 1 N–H and O–H groups in total. The lowest BCUT2D eigenvalue weighted by molar-refractivity contribution is -0.136. The second-order valence-electron chi connectivity index (χ2n) is 3.91. The van der Waals surface area contributed by atoms with E-state index in [1.807, 2.05) is 29.8 Å². The fourth-order valence-corrected chi connectivity index (χ4v) is 2.42. The third kappa shape index (κ3) is 2.28. The lowest BCUT2D eigenvalue weighted by Crippen LogP contribution is -2.12. The molecular weight excluding hydrogens is 252 g/mol. The van der Waals surface area contributed by atoms with Crippen LogP contribution in [-0.2, 0) is 11.8 Å². The highest BCUT2D eigenvalue weighted by atomic mass is 32.2. The van der Waals surface area contributed by atoms with Gasteiger partial charge in [0.25, 0.3) is 0 Å². The third-order valence-electron chi connectivity index (χ3n) is 2.68. The summed E-state index contributed by atoms with van der Waals surface area (Å²) in [6.45, 7) is 1.65. The number of benzene rings is 1. The molecule has 0 saturated heterocycles. The maximum atomic E-state index is 10.9. The zero-order valence-electron chi connectivity index (χ0n) is 10.4. The highest BCUT2D eigenvalue weighted by molar-refractivity contribution is 8.00. The molecule has 0 aliphatic carbocycles. The van der Waals surface area contributed by atoms with Gasteiger partial charge >= 0.3 is 5.97 Å². The Bertz CT molecular complexity index is 594. The number of rotatable bonds is 4. The summed E-state index contributed by atoms with van der Waals surface area (Å²) in [5.41, 5.74) is 1.76. The average Bonchev–Trinajstić information content (AvgIpc) is 2.65. The molecule has 2 aromatic rings. The second kappa shape index (κ2) is 4.89. The van der Waals surface area contributed by atoms with Crippen molar-refractivity contribution in [3.63, 3.8) is 0 Å². The van der Waals surface area contributed by atoms with Crippen LogP contribution in [0.2, 0.25) is 0 Å². The number of aromatic nitrogens is 2. The summed E-state index contributed by atoms with van der Waals surface area (Å²) in [6, 6.07) is 5.61. The quantitative estimate of drug-likeness (QED) is 0.859. The number of aryl methyl sites for hydroxylation is 1. The number of aliphatic carboxylic acids is 1. The van der Waals surface area contributed by atoms with E-state index in [1.165, 1.54) is 11.8 Å². The highest BCUT2D eigenvalue weighted by Crippen LogP contribution is 2.28.